The number of carbonyl (C=O) groups is 3. The molecule has 41 heavy (non-hydrogen) atoms. The van der Waals surface area contributed by atoms with E-state index in [0.29, 0.717) is 29.2 Å². The van der Waals surface area contributed by atoms with Crippen LogP contribution in [0.15, 0.2) is 48.7 Å². The van der Waals surface area contributed by atoms with Gasteiger partial charge >= 0.3 is 12.1 Å². The number of hydrogen-bond acceptors (Lipinski definition) is 8. The quantitative estimate of drug-likeness (QED) is 0.169. The van der Waals surface area contributed by atoms with Crippen molar-refractivity contribution in [1.29, 1.82) is 0 Å². The lowest BCUT2D eigenvalue weighted by atomic mass is 10.1. The minimum atomic E-state index is -0.840. The Labute approximate surface area is 241 Å². The van der Waals surface area contributed by atoms with Gasteiger partial charge in [0.05, 0.1) is 24.2 Å². The highest BCUT2D eigenvalue weighted by molar-refractivity contribution is 6.31. The molecule has 0 fully saturated rings. The summed E-state index contributed by atoms with van der Waals surface area (Å²) in [6.07, 6.45) is 1.30. The van der Waals surface area contributed by atoms with Crippen molar-refractivity contribution in [1.82, 2.24) is 20.3 Å². The molecule has 2 N–H and O–H groups in total. The largest absolute Gasteiger partial charge is 0.465 e. The molecular formula is C28H32ClF2N5O5. The van der Waals surface area contributed by atoms with Crippen LogP contribution in [0.1, 0.15) is 25.3 Å². The first kappa shape index (κ1) is 31.7. The molecule has 2 aromatic carbocycles. The molecule has 0 bridgehead atoms. The summed E-state index contributed by atoms with van der Waals surface area (Å²) in [6.45, 7) is 1.33. The number of nitrogens with one attached hydrogen (secondary N) is 2. The molecule has 0 spiro atoms. The Morgan fingerprint density at radius 1 is 1.07 bits per heavy atom. The second-order valence-electron chi connectivity index (χ2n) is 9.48. The molecular weight excluding hydrogens is 560 g/mol. The number of amides is 2. The summed E-state index contributed by atoms with van der Waals surface area (Å²) in [7, 11) is 3.49. The number of benzene rings is 2. The monoisotopic (exact) mass is 591 g/mol. The highest BCUT2D eigenvalue weighted by Gasteiger charge is 2.24. The summed E-state index contributed by atoms with van der Waals surface area (Å²) in [5.41, 5.74) is 3.36. The predicted octanol–water partition coefficient (Wildman–Crippen LogP) is 4.52. The van der Waals surface area contributed by atoms with Crippen LogP contribution in [0.2, 0.25) is 5.02 Å². The first-order valence-corrected chi connectivity index (χ1v) is 13.2. The van der Waals surface area contributed by atoms with Gasteiger partial charge in [-0.25, -0.2) is 24.0 Å². The molecule has 0 aliphatic carbocycles. The van der Waals surface area contributed by atoms with Gasteiger partial charge in [-0.15, -0.1) is 0 Å². The normalized spacial score (nSPS) is 11.8. The van der Waals surface area contributed by atoms with Gasteiger partial charge in [0.15, 0.2) is 0 Å². The molecule has 2 amide bonds. The van der Waals surface area contributed by atoms with Gasteiger partial charge in [-0.05, 0) is 68.2 Å². The van der Waals surface area contributed by atoms with Crippen molar-refractivity contribution >= 4 is 46.2 Å². The molecule has 1 atom stereocenters. The van der Waals surface area contributed by atoms with E-state index in [1.807, 2.05) is 0 Å². The van der Waals surface area contributed by atoms with Crippen LogP contribution in [-0.2, 0) is 25.6 Å². The fraction of sp³-hybridized carbons (Fsp3) is 0.357. The Bertz CT molecular complexity index is 1380. The van der Waals surface area contributed by atoms with Crippen LogP contribution in [0.3, 0.4) is 0 Å². The molecule has 220 valence electrons. The molecule has 0 radical (unpaired) electrons. The Balaban J connectivity index is 1.66. The fourth-order valence-electron chi connectivity index (χ4n) is 3.94. The number of hydrogen-bond donors (Lipinski definition) is 2. The molecule has 0 aliphatic rings. The van der Waals surface area contributed by atoms with E-state index >= 15 is 0 Å². The number of ether oxygens (including phenoxy) is 2. The van der Waals surface area contributed by atoms with Gasteiger partial charge < -0.3 is 9.47 Å². The number of aromatic nitrogens is 1. The molecule has 10 nitrogen and oxygen atoms in total. The van der Waals surface area contributed by atoms with E-state index in [-0.39, 0.29) is 37.1 Å². The average Bonchev–Trinajstić information content (AvgIpc) is 2.90. The summed E-state index contributed by atoms with van der Waals surface area (Å²) >= 11 is 6.05. The standard InChI is InChI=1S/C28H32ClF2N5O5/c1-18(37)36(33-15-20-6-4-8-24(31)27(20)29)23(7-5-11-40-26(38)16-35(2)3)17-41-28(39)34-25-13-21-12-22(30)10-9-19(21)14-32-25/h4,6,8-10,12-14,23,33H,5,7,11,15-17H2,1-3H3,(H,32,34,39)/t23-/m0/s1. The summed E-state index contributed by atoms with van der Waals surface area (Å²) in [4.78, 5) is 42.8. The highest BCUT2D eigenvalue weighted by atomic mass is 35.5. The van der Waals surface area contributed by atoms with Gasteiger partial charge in [-0.3, -0.25) is 24.8 Å². The number of pyridine rings is 1. The van der Waals surface area contributed by atoms with E-state index in [0.717, 1.165) is 0 Å². The summed E-state index contributed by atoms with van der Waals surface area (Å²) in [5, 5.41) is 4.93. The van der Waals surface area contributed by atoms with Crippen molar-refractivity contribution in [3.05, 3.63) is 70.9 Å². The van der Waals surface area contributed by atoms with Crippen LogP contribution in [0.4, 0.5) is 19.4 Å². The summed E-state index contributed by atoms with van der Waals surface area (Å²) in [5.74, 6) is -1.66. The van der Waals surface area contributed by atoms with Crippen LogP contribution in [-0.4, -0.2) is 72.8 Å². The topological polar surface area (TPSA) is 113 Å². The van der Waals surface area contributed by atoms with Crippen LogP contribution in [0, 0.1) is 11.6 Å². The van der Waals surface area contributed by atoms with Crippen molar-refractivity contribution < 1.29 is 32.6 Å². The zero-order chi connectivity index (χ0) is 29.9. The smallest absolute Gasteiger partial charge is 0.412 e. The zero-order valence-corrected chi connectivity index (χ0v) is 23.7. The van der Waals surface area contributed by atoms with Crippen molar-refractivity contribution in [2.75, 3.05) is 39.2 Å². The molecule has 0 saturated heterocycles. The van der Waals surface area contributed by atoms with Gasteiger partial charge in [0, 0.05) is 25.1 Å². The number of esters is 1. The highest BCUT2D eigenvalue weighted by Crippen LogP contribution is 2.20. The van der Waals surface area contributed by atoms with Gasteiger partial charge in [-0.2, -0.15) is 0 Å². The van der Waals surface area contributed by atoms with E-state index < -0.39 is 35.6 Å². The molecule has 1 heterocycles. The van der Waals surface area contributed by atoms with E-state index in [2.05, 4.69) is 15.7 Å². The number of rotatable bonds is 13. The van der Waals surface area contributed by atoms with Gasteiger partial charge in [-0.1, -0.05) is 23.7 Å². The molecule has 13 heteroatoms. The SMILES string of the molecule is CC(=O)N(NCc1cccc(F)c1Cl)[C@@H](CCCOC(=O)CN(C)C)COC(=O)Nc1cc2cc(F)ccc2cn1. The fourth-order valence-corrected chi connectivity index (χ4v) is 4.13. The maximum atomic E-state index is 13.9. The second-order valence-corrected chi connectivity index (χ2v) is 9.85. The van der Waals surface area contributed by atoms with Crippen molar-refractivity contribution in [3.63, 3.8) is 0 Å². The van der Waals surface area contributed by atoms with Crippen LogP contribution < -0.4 is 10.7 Å². The van der Waals surface area contributed by atoms with Crippen molar-refractivity contribution in [2.45, 2.75) is 32.4 Å². The van der Waals surface area contributed by atoms with E-state index in [9.17, 15) is 23.2 Å². The second kappa shape index (κ2) is 15.2. The lowest BCUT2D eigenvalue weighted by Gasteiger charge is -2.31. The number of nitrogens with zero attached hydrogens (tertiary/aromatic N) is 3. The zero-order valence-electron chi connectivity index (χ0n) is 23.0. The molecule has 3 rings (SSSR count). The number of fused-ring (bicyclic) bond motifs is 1. The number of anilines is 1. The van der Waals surface area contributed by atoms with E-state index in [1.54, 1.807) is 31.1 Å². The third-order valence-corrected chi connectivity index (χ3v) is 6.31. The Morgan fingerprint density at radius 3 is 2.59 bits per heavy atom. The molecule has 0 aliphatic heterocycles. The summed E-state index contributed by atoms with van der Waals surface area (Å²) in [6, 6.07) is 9.36. The first-order chi connectivity index (χ1) is 19.5. The first-order valence-electron chi connectivity index (χ1n) is 12.8. The van der Waals surface area contributed by atoms with Crippen LogP contribution >= 0.6 is 11.6 Å². The molecule has 0 saturated carbocycles. The average molecular weight is 592 g/mol. The minimum absolute atomic E-state index is 0.0221. The number of hydrazine groups is 1. The van der Waals surface area contributed by atoms with Crippen LogP contribution in [0.25, 0.3) is 10.8 Å². The maximum absolute atomic E-state index is 13.9. The Morgan fingerprint density at radius 2 is 1.85 bits per heavy atom. The van der Waals surface area contributed by atoms with E-state index in [4.69, 9.17) is 21.1 Å². The Kier molecular flexibility index (Phi) is 11.7. The third-order valence-electron chi connectivity index (χ3n) is 5.89. The lowest BCUT2D eigenvalue weighted by molar-refractivity contribution is -0.145. The van der Waals surface area contributed by atoms with Crippen LogP contribution in [0.5, 0.6) is 0 Å². The number of likely N-dealkylation sites (N-methyl/N-ethyl adjacent to an activating group) is 1. The van der Waals surface area contributed by atoms with E-state index in [1.165, 1.54) is 48.5 Å². The molecule has 1 aromatic heterocycles. The van der Waals surface area contributed by atoms with Crippen molar-refractivity contribution in [3.8, 4) is 0 Å². The minimum Gasteiger partial charge on any atom is -0.465 e. The molecule has 3 aromatic rings. The Hall–Kier alpha value is -3.87. The maximum Gasteiger partial charge on any atom is 0.412 e. The molecule has 0 unspecified atom stereocenters. The number of halogens is 3. The third kappa shape index (κ3) is 9.92. The lowest BCUT2D eigenvalue weighted by Crippen LogP contribution is -2.50. The van der Waals surface area contributed by atoms with Crippen molar-refractivity contribution in [2.24, 2.45) is 0 Å². The van der Waals surface area contributed by atoms with Gasteiger partial charge in [0.1, 0.15) is 24.1 Å². The summed E-state index contributed by atoms with van der Waals surface area (Å²) < 4.78 is 38.1. The van der Waals surface area contributed by atoms with Gasteiger partial charge in [0.2, 0.25) is 5.91 Å². The predicted molar refractivity (Wildman–Crippen MR) is 150 cm³/mol. The number of carbonyl (C=O) groups excluding carboxylic acids is 3. The van der Waals surface area contributed by atoms with Gasteiger partial charge in [0.25, 0.3) is 0 Å².